The third-order valence-corrected chi connectivity index (χ3v) is 10.2. The van der Waals surface area contributed by atoms with E-state index in [1.165, 1.54) is 11.7 Å². The molecule has 0 spiro atoms. The first-order valence-electron chi connectivity index (χ1n) is 16.7. The summed E-state index contributed by atoms with van der Waals surface area (Å²) in [4.78, 5) is 64.2. The Labute approximate surface area is 305 Å². The van der Waals surface area contributed by atoms with Gasteiger partial charge in [-0.3, -0.25) is 19.2 Å². The normalized spacial score (nSPS) is 18.0. The molecule has 3 rings (SSSR count). The van der Waals surface area contributed by atoms with Crippen molar-refractivity contribution in [1.82, 2.24) is 9.88 Å². The van der Waals surface area contributed by atoms with Crippen LogP contribution in [-0.2, 0) is 50.6 Å². The quantitative estimate of drug-likeness (QED) is 0.113. The van der Waals surface area contributed by atoms with Crippen molar-refractivity contribution in [1.29, 1.82) is 0 Å². The van der Waals surface area contributed by atoms with Gasteiger partial charge in [0.05, 0.1) is 30.8 Å². The zero-order valence-electron chi connectivity index (χ0n) is 30.6. The van der Waals surface area contributed by atoms with Gasteiger partial charge in [-0.15, -0.1) is 0 Å². The number of aromatic hydroxyl groups is 1. The molecule has 2 heterocycles. The van der Waals surface area contributed by atoms with Gasteiger partial charge in [-0.2, -0.15) is 0 Å². The first-order chi connectivity index (χ1) is 24.9. The van der Waals surface area contributed by atoms with Crippen molar-refractivity contribution in [2.45, 2.75) is 72.8 Å². The Morgan fingerprint density at radius 1 is 1.09 bits per heavy atom. The molecule has 0 fully saturated rings. The number of benzene rings is 1. The fourth-order valence-electron chi connectivity index (χ4n) is 5.23. The summed E-state index contributed by atoms with van der Waals surface area (Å²) in [5.74, 6) is -4.77. The molecule has 294 valence electrons. The topological polar surface area (TPSA) is 187 Å². The van der Waals surface area contributed by atoms with Crippen molar-refractivity contribution in [2.75, 3.05) is 40.1 Å². The number of aromatic nitrogens is 1. The number of Topliss-reactive ketones (excluding diaryl/α,β-unsaturated/α-hetero) is 1. The van der Waals surface area contributed by atoms with Gasteiger partial charge >= 0.3 is 12.1 Å². The number of hydrogen-bond donors (Lipinski definition) is 2. The van der Waals surface area contributed by atoms with Crippen LogP contribution in [0.5, 0.6) is 5.75 Å². The summed E-state index contributed by atoms with van der Waals surface area (Å²) in [6, 6.07) is 2.79. The van der Waals surface area contributed by atoms with E-state index in [2.05, 4.69) is 11.6 Å². The van der Waals surface area contributed by atoms with Crippen molar-refractivity contribution in [3.63, 3.8) is 0 Å². The van der Waals surface area contributed by atoms with Crippen molar-refractivity contribution in [3.8, 4) is 5.75 Å². The number of esters is 1. The van der Waals surface area contributed by atoms with Crippen LogP contribution in [0.3, 0.4) is 0 Å². The molecule has 3 unspecified atom stereocenters. The lowest BCUT2D eigenvalue weighted by Gasteiger charge is -2.41. The van der Waals surface area contributed by atoms with Gasteiger partial charge in [0.25, 0.3) is 5.91 Å². The summed E-state index contributed by atoms with van der Waals surface area (Å²) in [5.41, 5.74) is -3.39. The fourth-order valence-corrected chi connectivity index (χ4v) is 6.44. The van der Waals surface area contributed by atoms with Gasteiger partial charge in [0.15, 0.2) is 18.3 Å². The molecule has 18 heteroatoms. The third kappa shape index (κ3) is 11.9. The fraction of sp³-hybridized carbons (Fsp3) is 0.543. The van der Waals surface area contributed by atoms with E-state index >= 15 is 0 Å². The smallest absolute Gasteiger partial charge is 0.503 e. The maximum Gasteiger partial charge on any atom is 0.510 e. The summed E-state index contributed by atoms with van der Waals surface area (Å²) in [7, 11) is -1.78. The molecular weight excluding hydrogens is 725 g/mol. The van der Waals surface area contributed by atoms with E-state index in [9.17, 15) is 37.9 Å². The van der Waals surface area contributed by atoms with E-state index < -0.39 is 97.3 Å². The first-order valence-corrected chi connectivity index (χ1v) is 18.7. The van der Waals surface area contributed by atoms with Crippen LogP contribution in [0.4, 0.5) is 13.6 Å². The largest absolute Gasteiger partial charge is 0.510 e. The Morgan fingerprint density at radius 3 is 2.40 bits per heavy atom. The number of fused-ring (bicyclic) bond motifs is 1. The van der Waals surface area contributed by atoms with Crippen LogP contribution in [0.2, 0.25) is 0 Å². The average Bonchev–Trinajstić information content (AvgIpc) is 3.06. The molecule has 0 aliphatic carbocycles. The molecular formula is C35H47F2N2O13P. The summed E-state index contributed by atoms with van der Waals surface area (Å²) in [6.07, 6.45) is 2.97. The number of carbonyl (C=O) groups excluding carboxylic acids is 4. The summed E-state index contributed by atoms with van der Waals surface area (Å²) in [6.45, 7) is 6.88. The second kappa shape index (κ2) is 19.3. The maximum absolute atomic E-state index is 14.1. The number of pyridine rings is 1. The number of amides is 1. The number of ketones is 1. The number of nitrogens with zero attached hydrogens (tertiary/aromatic N) is 1. The minimum Gasteiger partial charge on any atom is -0.503 e. The SMILES string of the molecule is C=P(CCOC1Cn2cc(C(=O)NCc3ccc(F)cc3F)c(=O)c(O)c2C(=O)C1(C)CCOC)(OCOC(=O)CC(C)C)OCOC(=O)OC(C)C. The number of ether oxygens (including phenoxy) is 5. The minimum atomic E-state index is -3.22. The second-order valence-corrected chi connectivity index (χ2v) is 15.8. The molecule has 2 N–H and O–H groups in total. The van der Waals surface area contributed by atoms with E-state index in [0.717, 1.165) is 18.3 Å². The molecule has 0 saturated carbocycles. The predicted molar refractivity (Wildman–Crippen MR) is 188 cm³/mol. The van der Waals surface area contributed by atoms with Crippen molar-refractivity contribution < 1.29 is 65.8 Å². The molecule has 1 aliphatic rings. The van der Waals surface area contributed by atoms with Gasteiger partial charge < -0.3 is 47.7 Å². The Hall–Kier alpha value is -4.15. The molecule has 1 aromatic carbocycles. The number of nitrogens with one attached hydrogen (secondary N) is 1. The van der Waals surface area contributed by atoms with Crippen LogP contribution >= 0.6 is 7.34 Å². The van der Waals surface area contributed by atoms with Crippen LogP contribution in [0.1, 0.15) is 73.9 Å². The highest BCUT2D eigenvalue weighted by molar-refractivity contribution is 7.64. The second-order valence-electron chi connectivity index (χ2n) is 13.2. The van der Waals surface area contributed by atoms with E-state index in [0.29, 0.717) is 6.07 Å². The summed E-state index contributed by atoms with van der Waals surface area (Å²) < 4.78 is 66.7. The highest BCUT2D eigenvalue weighted by Gasteiger charge is 2.48. The molecule has 1 amide bonds. The van der Waals surface area contributed by atoms with E-state index in [4.69, 9.17) is 32.7 Å². The Kier molecular flexibility index (Phi) is 15.7. The van der Waals surface area contributed by atoms with Gasteiger partial charge in [0.2, 0.25) is 12.2 Å². The zero-order chi connectivity index (χ0) is 39.5. The highest BCUT2D eigenvalue weighted by Crippen LogP contribution is 2.48. The Morgan fingerprint density at radius 2 is 1.77 bits per heavy atom. The predicted octanol–water partition coefficient (Wildman–Crippen LogP) is 4.77. The van der Waals surface area contributed by atoms with Crippen LogP contribution in [0.25, 0.3) is 0 Å². The van der Waals surface area contributed by atoms with Gasteiger partial charge in [0, 0.05) is 50.7 Å². The lowest BCUT2D eigenvalue weighted by molar-refractivity contribution is -0.151. The number of hydrogen-bond acceptors (Lipinski definition) is 13. The molecule has 0 saturated heterocycles. The number of methoxy groups -OCH3 is 1. The molecule has 0 bridgehead atoms. The van der Waals surface area contributed by atoms with Crippen molar-refractivity contribution in [2.24, 2.45) is 11.3 Å². The number of rotatable bonds is 19. The van der Waals surface area contributed by atoms with Gasteiger partial charge in [-0.25, -0.2) is 13.6 Å². The number of carbonyl (C=O) groups is 4. The van der Waals surface area contributed by atoms with Crippen LogP contribution in [-0.4, -0.2) is 92.1 Å². The highest BCUT2D eigenvalue weighted by atomic mass is 31.2. The Bertz CT molecular complexity index is 1720. The zero-order valence-corrected chi connectivity index (χ0v) is 31.5. The maximum atomic E-state index is 14.1. The number of halogens is 2. The van der Waals surface area contributed by atoms with Crippen LogP contribution in [0.15, 0.2) is 29.2 Å². The van der Waals surface area contributed by atoms with Crippen LogP contribution in [0, 0.1) is 23.0 Å². The summed E-state index contributed by atoms with van der Waals surface area (Å²) >= 11 is 0. The first kappa shape index (κ1) is 43.3. The van der Waals surface area contributed by atoms with E-state index in [-0.39, 0.29) is 55.9 Å². The monoisotopic (exact) mass is 772 g/mol. The van der Waals surface area contributed by atoms with E-state index in [1.54, 1.807) is 20.8 Å². The lowest BCUT2D eigenvalue weighted by Crippen LogP contribution is -2.51. The lowest BCUT2D eigenvalue weighted by atomic mass is 9.73. The van der Waals surface area contributed by atoms with Crippen molar-refractivity contribution in [3.05, 3.63) is 63.1 Å². The molecule has 0 radical (unpaired) electrons. The average molecular weight is 773 g/mol. The molecule has 53 heavy (non-hydrogen) atoms. The molecule has 15 nitrogen and oxygen atoms in total. The Balaban J connectivity index is 1.83. The van der Waals surface area contributed by atoms with E-state index in [1.807, 2.05) is 13.8 Å². The molecule has 3 atom stereocenters. The van der Waals surface area contributed by atoms with Gasteiger partial charge in [-0.05, 0) is 39.2 Å². The minimum absolute atomic E-state index is 0.0408. The molecule has 2 aromatic rings. The van der Waals surface area contributed by atoms with Crippen molar-refractivity contribution >= 4 is 37.5 Å². The molecule has 1 aromatic heterocycles. The molecule has 1 aliphatic heterocycles. The third-order valence-electron chi connectivity index (χ3n) is 8.22. The van der Waals surface area contributed by atoms with Gasteiger partial charge in [0.1, 0.15) is 30.2 Å². The van der Waals surface area contributed by atoms with Crippen LogP contribution < -0.4 is 10.7 Å². The van der Waals surface area contributed by atoms with Gasteiger partial charge in [-0.1, -0.05) is 26.2 Å². The standard InChI is InChI=1S/C35H47F2N2O13P/c1-21(2)14-28(40)48-19-50-53(7,51-20-49-34(45)52-22(3)4)13-12-47-27-18-39-17-25(33(44)38-16-23-8-9-24(36)15-26(23)37)30(41)31(42)29(39)32(43)35(27,5)10-11-46-6/h8-9,15,17,21-22,27,42H,7,10-14,16,18-20H2,1-6H3,(H,38,44). The summed E-state index contributed by atoms with van der Waals surface area (Å²) in [5, 5.41) is 13.3.